The molecule has 1 aromatic carbocycles. The molecule has 0 aromatic heterocycles. The number of non-ortho nitro benzene ring substituents is 1. The molecule has 0 radical (unpaired) electrons. The Hall–Kier alpha value is -2.24. The molecule has 0 aliphatic rings. The summed E-state index contributed by atoms with van der Waals surface area (Å²) in [6, 6.07) is 7.93. The third-order valence-electron chi connectivity index (χ3n) is 1.07. The average Bonchev–Trinajstić information content (AvgIpc) is 2.20. The van der Waals surface area contributed by atoms with Crippen molar-refractivity contribution >= 4 is 17.9 Å². The number of nitrogens with zero attached hydrogens (tertiary/aromatic N) is 1. The van der Waals surface area contributed by atoms with Gasteiger partial charge in [-0.2, -0.15) is 0 Å². The van der Waals surface area contributed by atoms with Gasteiger partial charge in [0.2, 0.25) is 6.29 Å². The van der Waals surface area contributed by atoms with Crippen LogP contribution in [0.3, 0.4) is 0 Å². The van der Waals surface area contributed by atoms with E-state index < -0.39 is 10.9 Å². The normalized spacial score (nSPS) is 8.00. The van der Waals surface area contributed by atoms with Gasteiger partial charge in [-0.05, 0) is 0 Å². The van der Waals surface area contributed by atoms with E-state index in [-0.39, 0.29) is 12.0 Å². The van der Waals surface area contributed by atoms with E-state index in [1.54, 1.807) is 18.2 Å². The molecule has 0 aliphatic carbocycles. The summed E-state index contributed by atoms with van der Waals surface area (Å²) in [5, 5.41) is 17.4. The van der Waals surface area contributed by atoms with Crippen molar-refractivity contribution in [3.63, 3.8) is 0 Å². The Kier molecular flexibility index (Phi) is 5.29. The summed E-state index contributed by atoms with van der Waals surface area (Å²) in [6.07, 6.45) is -0.167. The quantitative estimate of drug-likeness (QED) is 0.328. The van der Waals surface area contributed by atoms with Gasteiger partial charge in [0.15, 0.2) is 0 Å². The van der Waals surface area contributed by atoms with Crippen LogP contribution in [0.2, 0.25) is 0 Å². The molecule has 6 heteroatoms. The van der Waals surface area contributed by atoms with Gasteiger partial charge in [-0.15, -0.1) is 0 Å². The number of aldehydes is 1. The first-order chi connectivity index (χ1) is 6.57. The van der Waals surface area contributed by atoms with Crippen LogP contribution in [0.15, 0.2) is 30.3 Å². The van der Waals surface area contributed by atoms with Crippen LogP contribution in [0.25, 0.3) is 0 Å². The van der Waals surface area contributed by atoms with E-state index in [1.165, 1.54) is 12.1 Å². The molecule has 74 valence electrons. The predicted octanol–water partition coefficient (Wildman–Crippen LogP) is 0.865. The Labute approximate surface area is 78.9 Å². The summed E-state index contributed by atoms with van der Waals surface area (Å²) in [6.45, 7) is 0. The zero-order valence-corrected chi connectivity index (χ0v) is 6.99. The smallest absolute Gasteiger partial charge is 0.368 e. The summed E-state index contributed by atoms with van der Waals surface area (Å²) in [7, 11) is 0. The molecule has 0 saturated heterocycles. The Morgan fingerprint density at radius 1 is 1.36 bits per heavy atom. The molecule has 6 nitrogen and oxygen atoms in total. The van der Waals surface area contributed by atoms with Gasteiger partial charge in [0.1, 0.15) is 0 Å². The van der Waals surface area contributed by atoms with Crippen LogP contribution in [0.1, 0.15) is 0 Å². The molecule has 0 spiro atoms. The molecule has 0 fully saturated rings. The number of hydrogen-bond donors (Lipinski definition) is 1. The van der Waals surface area contributed by atoms with Crippen molar-refractivity contribution in [3.05, 3.63) is 40.4 Å². The lowest BCUT2D eigenvalue weighted by Gasteiger charge is -1.85. The number of carbonyl (C=O) groups is 2. The molecule has 0 heterocycles. The predicted molar refractivity (Wildman–Crippen MR) is 46.8 cm³/mol. The fraction of sp³-hybridized carbons (Fsp3) is 0. The molecular weight excluding hydrogens is 190 g/mol. The summed E-state index contributed by atoms with van der Waals surface area (Å²) in [5.41, 5.74) is 0.137. The molecule has 0 unspecified atom stereocenters. The topological polar surface area (TPSA) is 97.5 Å². The highest BCUT2D eigenvalue weighted by molar-refractivity contribution is 6.19. The zero-order valence-electron chi connectivity index (χ0n) is 6.99. The summed E-state index contributed by atoms with van der Waals surface area (Å²) in [5.74, 6) is -1.43. The highest BCUT2D eigenvalue weighted by Crippen LogP contribution is 2.06. The number of para-hydroxylation sites is 1. The van der Waals surface area contributed by atoms with Crippen molar-refractivity contribution in [1.82, 2.24) is 0 Å². The van der Waals surface area contributed by atoms with E-state index in [0.29, 0.717) is 0 Å². The second kappa shape index (κ2) is 6.30. The van der Waals surface area contributed by atoms with Crippen molar-refractivity contribution in [2.45, 2.75) is 0 Å². The summed E-state index contributed by atoms with van der Waals surface area (Å²) < 4.78 is 0. The van der Waals surface area contributed by atoms with Crippen LogP contribution in [0, 0.1) is 10.1 Å². The van der Waals surface area contributed by atoms with E-state index in [9.17, 15) is 10.1 Å². The zero-order chi connectivity index (χ0) is 11.0. The fourth-order valence-corrected chi connectivity index (χ4v) is 0.550. The average molecular weight is 197 g/mol. The van der Waals surface area contributed by atoms with Crippen molar-refractivity contribution in [1.29, 1.82) is 0 Å². The van der Waals surface area contributed by atoms with Crippen LogP contribution in [0.4, 0.5) is 5.69 Å². The largest absolute Gasteiger partial charge is 0.476 e. The SMILES string of the molecule is O=CC(=O)O.O=[N+]([O-])c1ccccc1. The van der Waals surface area contributed by atoms with Gasteiger partial charge in [0, 0.05) is 12.1 Å². The van der Waals surface area contributed by atoms with Gasteiger partial charge in [-0.25, -0.2) is 4.79 Å². The van der Waals surface area contributed by atoms with Gasteiger partial charge in [0.25, 0.3) is 5.69 Å². The fourth-order valence-electron chi connectivity index (χ4n) is 0.550. The van der Waals surface area contributed by atoms with Crippen LogP contribution in [-0.2, 0) is 9.59 Å². The Balaban J connectivity index is 0.000000292. The van der Waals surface area contributed by atoms with E-state index in [0.717, 1.165) is 0 Å². The van der Waals surface area contributed by atoms with Gasteiger partial charge in [-0.3, -0.25) is 14.9 Å². The van der Waals surface area contributed by atoms with E-state index in [2.05, 4.69) is 0 Å². The summed E-state index contributed by atoms with van der Waals surface area (Å²) in [4.78, 5) is 27.5. The van der Waals surface area contributed by atoms with Gasteiger partial charge in [0.05, 0.1) is 4.92 Å². The van der Waals surface area contributed by atoms with Crippen molar-refractivity contribution < 1.29 is 19.6 Å². The molecule has 14 heavy (non-hydrogen) atoms. The van der Waals surface area contributed by atoms with Crippen molar-refractivity contribution in [3.8, 4) is 0 Å². The number of aliphatic carboxylic acids is 1. The molecule has 0 saturated carbocycles. The number of rotatable bonds is 2. The maximum Gasteiger partial charge on any atom is 0.368 e. The highest BCUT2D eigenvalue weighted by Gasteiger charge is 1.98. The van der Waals surface area contributed by atoms with Crippen LogP contribution < -0.4 is 0 Å². The van der Waals surface area contributed by atoms with Gasteiger partial charge < -0.3 is 5.11 Å². The number of carboxylic acids is 1. The monoisotopic (exact) mass is 197 g/mol. The van der Waals surface area contributed by atoms with Crippen molar-refractivity contribution in [2.24, 2.45) is 0 Å². The lowest BCUT2D eigenvalue weighted by molar-refractivity contribution is -0.384. The first-order valence-corrected chi connectivity index (χ1v) is 3.45. The van der Waals surface area contributed by atoms with Crippen molar-refractivity contribution in [2.75, 3.05) is 0 Å². The Morgan fingerprint density at radius 3 is 2.00 bits per heavy atom. The molecule has 0 atom stereocenters. The lowest BCUT2D eigenvalue weighted by Crippen LogP contribution is -1.91. The van der Waals surface area contributed by atoms with Crippen LogP contribution >= 0.6 is 0 Å². The van der Waals surface area contributed by atoms with Gasteiger partial charge in [-0.1, -0.05) is 18.2 Å². The summed E-state index contributed by atoms with van der Waals surface area (Å²) >= 11 is 0. The minimum atomic E-state index is -1.43. The number of nitro groups is 1. The van der Waals surface area contributed by atoms with E-state index in [4.69, 9.17) is 14.7 Å². The molecule has 0 bridgehead atoms. The van der Waals surface area contributed by atoms with E-state index >= 15 is 0 Å². The maximum atomic E-state index is 10.0. The Bertz CT molecular complexity index is 322. The number of carboxylic acid groups (broad SMARTS) is 1. The highest BCUT2D eigenvalue weighted by atomic mass is 16.6. The van der Waals surface area contributed by atoms with Gasteiger partial charge >= 0.3 is 5.97 Å². The minimum absolute atomic E-state index is 0.137. The molecule has 0 aliphatic heterocycles. The standard InChI is InChI=1S/C6H5NO2.C2H2O3/c8-7(9)6-4-2-1-3-5-6;3-1-2(4)5/h1-5H;1H,(H,4,5). The molecule has 1 N–H and O–H groups in total. The minimum Gasteiger partial charge on any atom is -0.476 e. The number of hydrogen-bond acceptors (Lipinski definition) is 4. The first kappa shape index (κ1) is 11.8. The maximum absolute atomic E-state index is 10.0. The second-order valence-electron chi connectivity index (χ2n) is 2.05. The number of benzene rings is 1. The number of carbonyl (C=O) groups excluding carboxylic acids is 1. The van der Waals surface area contributed by atoms with Crippen LogP contribution in [0.5, 0.6) is 0 Å². The second-order valence-corrected chi connectivity index (χ2v) is 2.05. The molecule has 1 rings (SSSR count). The van der Waals surface area contributed by atoms with E-state index in [1.807, 2.05) is 0 Å². The Morgan fingerprint density at radius 2 is 1.79 bits per heavy atom. The third kappa shape index (κ3) is 5.42. The first-order valence-electron chi connectivity index (χ1n) is 3.45. The van der Waals surface area contributed by atoms with Crippen LogP contribution in [-0.4, -0.2) is 22.3 Å². The third-order valence-corrected chi connectivity index (χ3v) is 1.07. The number of nitro benzene ring substituents is 1. The lowest BCUT2D eigenvalue weighted by atomic mass is 10.3. The molecule has 1 aromatic rings. The molecular formula is C8H7NO5. The molecule has 0 amide bonds.